The molecule has 0 spiro atoms. The summed E-state index contributed by atoms with van der Waals surface area (Å²) < 4.78 is 11.4. The van der Waals surface area contributed by atoms with E-state index in [0.717, 1.165) is 31.7 Å². The van der Waals surface area contributed by atoms with Gasteiger partial charge in [0.25, 0.3) is 0 Å². The summed E-state index contributed by atoms with van der Waals surface area (Å²) in [5.74, 6) is 0.922. The van der Waals surface area contributed by atoms with Crippen molar-refractivity contribution in [3.05, 3.63) is 29.8 Å². The summed E-state index contributed by atoms with van der Waals surface area (Å²) in [6.07, 6.45) is 2.34. The zero-order valence-corrected chi connectivity index (χ0v) is 12.2. The monoisotopic (exact) mass is 263 g/mol. The van der Waals surface area contributed by atoms with Crippen molar-refractivity contribution in [1.29, 1.82) is 0 Å². The molecular formula is C16H25NO2. The predicted molar refractivity (Wildman–Crippen MR) is 77.6 cm³/mol. The number of hydrogen-bond acceptors (Lipinski definition) is 3. The molecule has 0 aromatic heterocycles. The van der Waals surface area contributed by atoms with Gasteiger partial charge in [0.05, 0.1) is 12.7 Å². The van der Waals surface area contributed by atoms with Gasteiger partial charge >= 0.3 is 0 Å². The topological polar surface area (TPSA) is 30.5 Å². The van der Waals surface area contributed by atoms with Gasteiger partial charge in [-0.3, -0.25) is 0 Å². The molecule has 1 aromatic carbocycles. The standard InChI is InChI=1S/C16H25NO2/c1-4-16(3)10-11-19-15(12-17-16)13-6-8-14(9-7-13)18-5-2/h6-9,15,17H,4-5,10-12H2,1-3H3. The fourth-order valence-corrected chi connectivity index (χ4v) is 2.37. The first-order chi connectivity index (χ1) is 9.17. The van der Waals surface area contributed by atoms with Gasteiger partial charge in [-0.15, -0.1) is 0 Å². The van der Waals surface area contributed by atoms with E-state index in [1.54, 1.807) is 0 Å². The highest BCUT2D eigenvalue weighted by molar-refractivity contribution is 5.29. The Kier molecular flexibility index (Phi) is 4.83. The van der Waals surface area contributed by atoms with Crippen LogP contribution < -0.4 is 10.1 Å². The van der Waals surface area contributed by atoms with E-state index < -0.39 is 0 Å². The molecule has 1 N–H and O–H groups in total. The van der Waals surface area contributed by atoms with Gasteiger partial charge in [-0.05, 0) is 44.4 Å². The van der Waals surface area contributed by atoms with Gasteiger partial charge in [-0.25, -0.2) is 0 Å². The van der Waals surface area contributed by atoms with E-state index in [4.69, 9.17) is 9.47 Å². The maximum atomic E-state index is 5.98. The molecule has 0 aliphatic carbocycles. The fourth-order valence-electron chi connectivity index (χ4n) is 2.37. The molecule has 0 saturated carbocycles. The van der Waals surface area contributed by atoms with Crippen molar-refractivity contribution >= 4 is 0 Å². The summed E-state index contributed by atoms with van der Waals surface area (Å²) in [4.78, 5) is 0. The van der Waals surface area contributed by atoms with E-state index in [1.807, 2.05) is 19.1 Å². The minimum absolute atomic E-state index is 0.143. The van der Waals surface area contributed by atoms with Crippen LogP contribution in [0.15, 0.2) is 24.3 Å². The first-order valence-electron chi connectivity index (χ1n) is 7.26. The summed E-state index contributed by atoms with van der Waals surface area (Å²) in [5.41, 5.74) is 1.43. The molecule has 19 heavy (non-hydrogen) atoms. The van der Waals surface area contributed by atoms with Crippen LogP contribution in [0.4, 0.5) is 0 Å². The Morgan fingerprint density at radius 2 is 2.05 bits per heavy atom. The highest BCUT2D eigenvalue weighted by atomic mass is 16.5. The van der Waals surface area contributed by atoms with E-state index in [9.17, 15) is 0 Å². The molecule has 3 nitrogen and oxygen atoms in total. The second kappa shape index (κ2) is 6.40. The molecule has 0 bridgehead atoms. The third-order valence-corrected chi connectivity index (χ3v) is 4.03. The third-order valence-electron chi connectivity index (χ3n) is 4.03. The van der Waals surface area contributed by atoms with Crippen molar-refractivity contribution in [2.75, 3.05) is 19.8 Å². The first-order valence-corrected chi connectivity index (χ1v) is 7.26. The highest BCUT2D eigenvalue weighted by Crippen LogP contribution is 2.26. The number of rotatable bonds is 4. The van der Waals surface area contributed by atoms with Crippen LogP contribution in [0.1, 0.15) is 45.3 Å². The second-order valence-electron chi connectivity index (χ2n) is 5.41. The van der Waals surface area contributed by atoms with Crippen LogP contribution in [-0.2, 0) is 4.74 Å². The summed E-state index contributed by atoms with van der Waals surface area (Å²) in [7, 11) is 0. The first kappa shape index (κ1) is 14.4. The average molecular weight is 263 g/mol. The van der Waals surface area contributed by atoms with Crippen molar-refractivity contribution in [1.82, 2.24) is 5.32 Å². The van der Waals surface area contributed by atoms with Crippen LogP contribution in [0.2, 0.25) is 0 Å². The molecule has 2 rings (SSSR count). The fraction of sp³-hybridized carbons (Fsp3) is 0.625. The Labute approximate surface area is 116 Å². The summed E-state index contributed by atoms with van der Waals surface area (Å²) in [6, 6.07) is 8.25. The Hall–Kier alpha value is -1.06. The van der Waals surface area contributed by atoms with Gasteiger partial charge in [0.1, 0.15) is 5.75 Å². The van der Waals surface area contributed by atoms with E-state index in [1.165, 1.54) is 5.56 Å². The van der Waals surface area contributed by atoms with Crippen LogP contribution in [-0.4, -0.2) is 25.3 Å². The molecule has 3 heteroatoms. The molecule has 2 unspecified atom stereocenters. The highest BCUT2D eigenvalue weighted by Gasteiger charge is 2.27. The van der Waals surface area contributed by atoms with Crippen molar-refractivity contribution in [2.24, 2.45) is 0 Å². The van der Waals surface area contributed by atoms with Crippen LogP contribution in [0.25, 0.3) is 0 Å². The third kappa shape index (κ3) is 3.71. The van der Waals surface area contributed by atoms with E-state index in [2.05, 4.69) is 31.3 Å². The van der Waals surface area contributed by atoms with Crippen LogP contribution >= 0.6 is 0 Å². The summed E-state index contributed by atoms with van der Waals surface area (Å²) in [6.45, 7) is 8.89. The molecule has 1 fully saturated rings. The smallest absolute Gasteiger partial charge is 0.119 e. The van der Waals surface area contributed by atoms with Crippen molar-refractivity contribution in [3.63, 3.8) is 0 Å². The van der Waals surface area contributed by atoms with Crippen LogP contribution in [0, 0.1) is 0 Å². The van der Waals surface area contributed by atoms with Crippen molar-refractivity contribution in [2.45, 2.75) is 45.3 Å². The molecule has 0 amide bonds. The van der Waals surface area contributed by atoms with Gasteiger partial charge in [0.2, 0.25) is 0 Å². The molecule has 1 saturated heterocycles. The average Bonchev–Trinajstić information content (AvgIpc) is 2.63. The molecular weight excluding hydrogens is 238 g/mol. The van der Waals surface area contributed by atoms with Crippen molar-refractivity contribution < 1.29 is 9.47 Å². The molecule has 1 aliphatic heterocycles. The van der Waals surface area contributed by atoms with E-state index in [0.29, 0.717) is 6.61 Å². The Bertz CT molecular complexity index is 390. The number of ether oxygens (including phenoxy) is 2. The largest absolute Gasteiger partial charge is 0.494 e. The lowest BCUT2D eigenvalue weighted by atomic mass is 9.95. The Balaban J connectivity index is 2.01. The minimum atomic E-state index is 0.143. The molecule has 106 valence electrons. The second-order valence-corrected chi connectivity index (χ2v) is 5.41. The van der Waals surface area contributed by atoms with Gasteiger partial charge in [0, 0.05) is 18.7 Å². The zero-order chi connectivity index (χ0) is 13.7. The van der Waals surface area contributed by atoms with Gasteiger partial charge in [0.15, 0.2) is 0 Å². The minimum Gasteiger partial charge on any atom is -0.494 e. The van der Waals surface area contributed by atoms with Crippen LogP contribution in [0.3, 0.4) is 0 Å². The lowest BCUT2D eigenvalue weighted by Gasteiger charge is -2.27. The molecule has 1 aliphatic rings. The maximum absolute atomic E-state index is 5.98. The van der Waals surface area contributed by atoms with Gasteiger partial charge in [-0.2, -0.15) is 0 Å². The molecule has 0 radical (unpaired) electrons. The number of nitrogens with one attached hydrogen (secondary N) is 1. The van der Waals surface area contributed by atoms with Crippen molar-refractivity contribution in [3.8, 4) is 5.75 Å². The summed E-state index contributed by atoms with van der Waals surface area (Å²) in [5, 5.41) is 3.64. The molecule has 1 aromatic rings. The maximum Gasteiger partial charge on any atom is 0.119 e. The number of hydrogen-bond donors (Lipinski definition) is 1. The Morgan fingerprint density at radius 3 is 2.68 bits per heavy atom. The van der Waals surface area contributed by atoms with E-state index >= 15 is 0 Å². The SMILES string of the molecule is CCOc1ccc(C2CNC(C)(CC)CCO2)cc1. The lowest BCUT2D eigenvalue weighted by Crippen LogP contribution is -2.42. The molecule has 1 heterocycles. The lowest BCUT2D eigenvalue weighted by molar-refractivity contribution is 0.0653. The van der Waals surface area contributed by atoms with E-state index in [-0.39, 0.29) is 11.6 Å². The summed E-state index contributed by atoms with van der Waals surface area (Å²) >= 11 is 0. The van der Waals surface area contributed by atoms with Crippen LogP contribution in [0.5, 0.6) is 5.75 Å². The number of benzene rings is 1. The normalized spacial score (nSPS) is 27.8. The Morgan fingerprint density at radius 1 is 1.32 bits per heavy atom. The quantitative estimate of drug-likeness (QED) is 0.904. The van der Waals surface area contributed by atoms with Gasteiger partial charge in [-0.1, -0.05) is 19.1 Å². The zero-order valence-electron chi connectivity index (χ0n) is 12.2. The predicted octanol–water partition coefficient (Wildman–Crippen LogP) is 3.31. The van der Waals surface area contributed by atoms with Gasteiger partial charge < -0.3 is 14.8 Å². The molecule has 2 atom stereocenters.